The molecule has 8 nitrogen and oxygen atoms in total. The highest BCUT2D eigenvalue weighted by Gasteiger charge is 2.21. The molecule has 0 radical (unpaired) electrons. The zero-order valence-corrected chi connectivity index (χ0v) is 22.5. The van der Waals surface area contributed by atoms with Crippen LogP contribution in [-0.4, -0.2) is 28.5 Å². The van der Waals surface area contributed by atoms with Gasteiger partial charge in [0.25, 0.3) is 6.47 Å². The van der Waals surface area contributed by atoms with E-state index in [1.54, 1.807) is 37.3 Å². The molecule has 39 heavy (non-hydrogen) atoms. The van der Waals surface area contributed by atoms with Crippen molar-refractivity contribution in [3.63, 3.8) is 0 Å². The summed E-state index contributed by atoms with van der Waals surface area (Å²) in [6, 6.07) is 16.6. The highest BCUT2D eigenvalue weighted by Crippen LogP contribution is 2.27. The number of hydrogen-bond acceptors (Lipinski definition) is 8. The molecule has 0 fully saturated rings. The highest BCUT2D eigenvalue weighted by molar-refractivity contribution is 6.30. The van der Waals surface area contributed by atoms with Crippen molar-refractivity contribution in [2.24, 2.45) is 0 Å². The Morgan fingerprint density at radius 2 is 1.33 bits per heavy atom. The van der Waals surface area contributed by atoms with E-state index >= 15 is 0 Å². The minimum Gasteiger partial charge on any atom is -0.507 e. The Kier molecular flexibility index (Phi) is 9.78. The minimum atomic E-state index is -0.756. The molecule has 9 heteroatoms. The van der Waals surface area contributed by atoms with Crippen molar-refractivity contribution in [1.82, 2.24) is 4.98 Å². The second kappa shape index (κ2) is 13.2. The maximum atomic E-state index is 12.8. The standard InChI is InChI=1S/C24H22O5.C6H4ClNO2/c1-14-6-9-18(20(25)11-14)23(26)29-22-13-16(3)7-10-19(22)24(27)28-21-12-15(2)5-8-17(21)4;7-5-1-6(10-4-9)3-8-2-5/h5-13,25H,1-4H3;1-4H. The monoisotopic (exact) mass is 547 g/mol. The topological polar surface area (TPSA) is 112 Å². The molecule has 1 aromatic heterocycles. The van der Waals surface area contributed by atoms with Gasteiger partial charge < -0.3 is 19.3 Å². The van der Waals surface area contributed by atoms with Crippen molar-refractivity contribution in [3.8, 4) is 23.0 Å². The van der Waals surface area contributed by atoms with E-state index in [9.17, 15) is 19.5 Å². The number of ether oxygens (including phenoxy) is 3. The van der Waals surface area contributed by atoms with Gasteiger partial charge in [0, 0.05) is 12.3 Å². The van der Waals surface area contributed by atoms with E-state index in [4.69, 9.17) is 21.1 Å². The van der Waals surface area contributed by atoms with Crippen molar-refractivity contribution in [2.75, 3.05) is 0 Å². The lowest BCUT2D eigenvalue weighted by Gasteiger charge is -2.13. The van der Waals surface area contributed by atoms with Crippen LogP contribution in [0.2, 0.25) is 5.02 Å². The first-order valence-corrected chi connectivity index (χ1v) is 12.1. The first-order valence-electron chi connectivity index (χ1n) is 11.7. The Bertz CT molecular complexity index is 1520. The summed E-state index contributed by atoms with van der Waals surface area (Å²) in [6.07, 6.45) is 2.86. The Labute approximate surface area is 230 Å². The lowest BCUT2D eigenvalue weighted by Crippen LogP contribution is -2.15. The summed E-state index contributed by atoms with van der Waals surface area (Å²) in [5.74, 6) is -0.692. The van der Waals surface area contributed by atoms with Gasteiger partial charge in [0.1, 0.15) is 34.1 Å². The van der Waals surface area contributed by atoms with E-state index < -0.39 is 11.9 Å². The van der Waals surface area contributed by atoms with Gasteiger partial charge in [0.05, 0.1) is 11.2 Å². The fourth-order valence-electron chi connectivity index (χ4n) is 3.34. The van der Waals surface area contributed by atoms with Crippen LogP contribution in [0.5, 0.6) is 23.0 Å². The molecule has 0 amide bonds. The molecular weight excluding hydrogens is 522 g/mol. The fraction of sp³-hybridized carbons (Fsp3) is 0.133. The molecule has 4 rings (SSSR count). The molecule has 0 atom stereocenters. The number of pyridine rings is 1. The summed E-state index contributed by atoms with van der Waals surface area (Å²) in [4.78, 5) is 38.8. The molecule has 200 valence electrons. The summed E-state index contributed by atoms with van der Waals surface area (Å²) in [6.45, 7) is 7.70. The second-order valence-corrected chi connectivity index (χ2v) is 9.06. The van der Waals surface area contributed by atoms with Crippen molar-refractivity contribution in [1.29, 1.82) is 0 Å². The molecule has 0 aliphatic carbocycles. The van der Waals surface area contributed by atoms with E-state index in [0.29, 0.717) is 23.0 Å². The van der Waals surface area contributed by atoms with E-state index in [-0.39, 0.29) is 22.6 Å². The van der Waals surface area contributed by atoms with E-state index in [1.165, 1.54) is 30.6 Å². The molecule has 0 saturated carbocycles. The van der Waals surface area contributed by atoms with Gasteiger partial charge in [-0.3, -0.25) is 9.78 Å². The third-order valence-electron chi connectivity index (χ3n) is 5.34. The number of halogens is 1. The molecule has 0 aliphatic rings. The fourth-order valence-corrected chi connectivity index (χ4v) is 3.50. The largest absolute Gasteiger partial charge is 0.507 e. The average Bonchev–Trinajstić information content (AvgIpc) is 2.87. The molecule has 0 unspecified atom stereocenters. The Morgan fingerprint density at radius 1 is 0.769 bits per heavy atom. The number of aryl methyl sites for hydroxylation is 4. The average molecular weight is 548 g/mol. The van der Waals surface area contributed by atoms with Crippen LogP contribution in [0.1, 0.15) is 43.0 Å². The van der Waals surface area contributed by atoms with Gasteiger partial charge in [-0.1, -0.05) is 35.9 Å². The van der Waals surface area contributed by atoms with Crippen LogP contribution in [0.15, 0.2) is 73.1 Å². The molecule has 0 spiro atoms. The number of carbonyl (C=O) groups is 3. The molecule has 4 aromatic rings. The van der Waals surface area contributed by atoms with Gasteiger partial charge in [-0.05, 0) is 80.3 Å². The smallest absolute Gasteiger partial charge is 0.347 e. The number of benzene rings is 3. The number of aromatic nitrogens is 1. The van der Waals surface area contributed by atoms with Crippen LogP contribution < -0.4 is 14.2 Å². The molecule has 1 heterocycles. The van der Waals surface area contributed by atoms with Crippen molar-refractivity contribution < 1.29 is 33.7 Å². The first-order chi connectivity index (χ1) is 18.6. The van der Waals surface area contributed by atoms with Gasteiger partial charge in [0.2, 0.25) is 0 Å². The zero-order chi connectivity index (χ0) is 28.5. The van der Waals surface area contributed by atoms with Gasteiger partial charge in [-0.15, -0.1) is 0 Å². The molecule has 1 N–H and O–H groups in total. The van der Waals surface area contributed by atoms with Crippen LogP contribution in [0.4, 0.5) is 0 Å². The van der Waals surface area contributed by atoms with Gasteiger partial charge in [-0.25, -0.2) is 9.59 Å². The number of rotatable bonds is 6. The SMILES string of the molecule is Cc1ccc(C(=O)Oc2cc(C)ccc2C(=O)Oc2cc(C)ccc2C)c(O)c1.O=COc1cncc(Cl)c1. The molecule has 0 aliphatic heterocycles. The number of aromatic hydroxyl groups is 1. The van der Waals surface area contributed by atoms with E-state index in [1.807, 2.05) is 32.9 Å². The normalized spacial score (nSPS) is 10.1. The lowest BCUT2D eigenvalue weighted by molar-refractivity contribution is -0.120. The summed E-state index contributed by atoms with van der Waals surface area (Å²) in [7, 11) is 0. The number of hydrogen-bond donors (Lipinski definition) is 1. The van der Waals surface area contributed by atoms with Crippen LogP contribution in [0.3, 0.4) is 0 Å². The molecular formula is C30H26ClNO7. The highest BCUT2D eigenvalue weighted by atomic mass is 35.5. The van der Waals surface area contributed by atoms with E-state index in [0.717, 1.165) is 22.3 Å². The number of phenols is 1. The summed E-state index contributed by atoms with van der Waals surface area (Å²) in [5, 5.41) is 10.5. The maximum absolute atomic E-state index is 12.8. The number of esters is 2. The van der Waals surface area contributed by atoms with Crippen LogP contribution in [0, 0.1) is 27.7 Å². The van der Waals surface area contributed by atoms with Gasteiger partial charge in [0.15, 0.2) is 0 Å². The number of carbonyl (C=O) groups excluding carboxylic acids is 3. The van der Waals surface area contributed by atoms with Crippen molar-refractivity contribution >= 4 is 30.0 Å². The second-order valence-electron chi connectivity index (χ2n) is 8.62. The van der Waals surface area contributed by atoms with Crippen molar-refractivity contribution in [3.05, 3.63) is 111 Å². The van der Waals surface area contributed by atoms with Crippen LogP contribution >= 0.6 is 11.6 Å². The molecule has 3 aromatic carbocycles. The zero-order valence-electron chi connectivity index (χ0n) is 21.7. The summed E-state index contributed by atoms with van der Waals surface area (Å²) in [5.41, 5.74) is 3.54. The predicted molar refractivity (Wildman–Crippen MR) is 146 cm³/mol. The third kappa shape index (κ3) is 8.15. The van der Waals surface area contributed by atoms with Crippen LogP contribution in [-0.2, 0) is 4.79 Å². The Balaban J connectivity index is 0.000000353. The molecule has 0 bridgehead atoms. The predicted octanol–water partition coefficient (Wildman–Crippen LogP) is 6.33. The van der Waals surface area contributed by atoms with Gasteiger partial charge >= 0.3 is 11.9 Å². The maximum Gasteiger partial charge on any atom is 0.347 e. The van der Waals surface area contributed by atoms with E-state index in [2.05, 4.69) is 9.72 Å². The lowest BCUT2D eigenvalue weighted by atomic mass is 10.1. The first kappa shape index (κ1) is 28.9. The Hall–Kier alpha value is -4.69. The Morgan fingerprint density at radius 3 is 1.97 bits per heavy atom. The number of nitrogens with zero attached hydrogens (tertiary/aromatic N) is 1. The van der Waals surface area contributed by atoms with Crippen LogP contribution in [0.25, 0.3) is 0 Å². The number of phenolic OH excluding ortho intramolecular Hbond substituents is 1. The summed E-state index contributed by atoms with van der Waals surface area (Å²) < 4.78 is 15.4. The minimum absolute atomic E-state index is 0.0194. The quantitative estimate of drug-likeness (QED) is 0.169. The summed E-state index contributed by atoms with van der Waals surface area (Å²) >= 11 is 5.52. The van der Waals surface area contributed by atoms with Gasteiger partial charge in [-0.2, -0.15) is 0 Å². The molecule has 0 saturated heterocycles. The van der Waals surface area contributed by atoms with Crippen molar-refractivity contribution in [2.45, 2.75) is 27.7 Å². The third-order valence-corrected chi connectivity index (χ3v) is 5.55.